The van der Waals surface area contributed by atoms with Crippen LogP contribution in [0.15, 0.2) is 140 Å². The highest BCUT2D eigenvalue weighted by Crippen LogP contribution is 2.52. The molecule has 0 radical (unpaired) electrons. The van der Waals surface area contributed by atoms with Gasteiger partial charge in [-0.1, -0.05) is 141 Å². The van der Waals surface area contributed by atoms with E-state index < -0.39 is 0 Å². The number of nitrogens with zero attached hydrogens (tertiary/aromatic N) is 3. The van der Waals surface area contributed by atoms with Crippen LogP contribution in [0, 0.1) is 0 Å². The van der Waals surface area contributed by atoms with Crippen LogP contribution in [0.3, 0.4) is 0 Å². The van der Waals surface area contributed by atoms with Crippen LogP contribution < -0.4 is 0 Å². The molecule has 1 aromatic heterocycles. The Kier molecular flexibility index (Phi) is 5.80. The second kappa shape index (κ2) is 9.85. The maximum Gasteiger partial charge on any atom is 0.164 e. The first-order chi connectivity index (χ1) is 21.1. The third-order valence-corrected chi connectivity index (χ3v) is 8.71. The molecule has 3 nitrogen and oxygen atoms in total. The monoisotopic (exact) mass is 551 g/mol. The van der Waals surface area contributed by atoms with Gasteiger partial charge < -0.3 is 0 Å². The van der Waals surface area contributed by atoms with Crippen molar-refractivity contribution in [3.05, 3.63) is 151 Å². The minimum absolute atomic E-state index is 0.0485. The molecule has 43 heavy (non-hydrogen) atoms. The van der Waals surface area contributed by atoms with Gasteiger partial charge in [-0.3, -0.25) is 0 Å². The molecule has 0 bridgehead atoms. The first kappa shape index (κ1) is 25.3. The largest absolute Gasteiger partial charge is 0.208 e. The van der Waals surface area contributed by atoms with Gasteiger partial charge in [0.15, 0.2) is 17.5 Å². The van der Waals surface area contributed by atoms with Gasteiger partial charge in [0, 0.05) is 22.1 Å². The van der Waals surface area contributed by atoms with Crippen molar-refractivity contribution >= 4 is 10.8 Å². The third-order valence-electron chi connectivity index (χ3n) is 8.71. The zero-order chi connectivity index (χ0) is 29.0. The molecule has 1 aliphatic carbocycles. The van der Waals surface area contributed by atoms with Crippen molar-refractivity contribution in [3.63, 3.8) is 0 Å². The van der Waals surface area contributed by atoms with E-state index in [9.17, 15) is 0 Å². The normalized spacial score (nSPS) is 13.1. The minimum Gasteiger partial charge on any atom is -0.208 e. The second-order valence-electron chi connectivity index (χ2n) is 11.7. The van der Waals surface area contributed by atoms with Gasteiger partial charge in [0.05, 0.1) is 0 Å². The van der Waals surface area contributed by atoms with Gasteiger partial charge in [0.2, 0.25) is 0 Å². The highest BCUT2D eigenvalue weighted by atomic mass is 15.0. The number of fused-ring (bicyclic) bond motifs is 4. The Labute approximate surface area is 251 Å². The molecule has 204 valence electrons. The summed E-state index contributed by atoms with van der Waals surface area (Å²) in [5, 5.41) is 2.35. The molecule has 0 unspecified atom stereocenters. The lowest BCUT2D eigenvalue weighted by Crippen LogP contribution is -2.14. The Balaban J connectivity index is 1.30. The molecule has 0 saturated carbocycles. The Morgan fingerprint density at radius 3 is 1.77 bits per heavy atom. The molecule has 0 spiro atoms. The highest BCUT2D eigenvalue weighted by molar-refractivity contribution is 5.93. The summed E-state index contributed by atoms with van der Waals surface area (Å²) >= 11 is 0. The summed E-state index contributed by atoms with van der Waals surface area (Å²) < 4.78 is 0. The fourth-order valence-corrected chi connectivity index (χ4v) is 6.50. The molecule has 0 fully saturated rings. The summed E-state index contributed by atoms with van der Waals surface area (Å²) in [6.07, 6.45) is 0. The van der Waals surface area contributed by atoms with Crippen molar-refractivity contribution in [1.82, 2.24) is 15.0 Å². The third kappa shape index (κ3) is 4.24. The summed E-state index contributed by atoms with van der Waals surface area (Å²) in [5.74, 6) is 1.99. The molecule has 0 aliphatic heterocycles. The van der Waals surface area contributed by atoms with Crippen LogP contribution in [-0.4, -0.2) is 15.0 Å². The Bertz CT molecular complexity index is 2160. The Morgan fingerprint density at radius 1 is 0.395 bits per heavy atom. The minimum atomic E-state index is -0.0485. The van der Waals surface area contributed by atoms with Gasteiger partial charge in [-0.15, -0.1) is 0 Å². The van der Waals surface area contributed by atoms with Gasteiger partial charge in [-0.05, 0) is 56.3 Å². The number of benzene rings is 6. The topological polar surface area (TPSA) is 38.7 Å². The van der Waals surface area contributed by atoms with Gasteiger partial charge in [0.25, 0.3) is 0 Å². The van der Waals surface area contributed by atoms with Crippen LogP contribution in [0.5, 0.6) is 0 Å². The summed E-state index contributed by atoms with van der Waals surface area (Å²) in [6.45, 7) is 4.64. The average Bonchev–Trinajstić information content (AvgIpc) is 3.31. The summed E-state index contributed by atoms with van der Waals surface area (Å²) in [4.78, 5) is 15.0. The molecule has 0 saturated heterocycles. The summed E-state index contributed by atoms with van der Waals surface area (Å²) in [6, 6.07) is 49.0. The van der Waals surface area contributed by atoms with Crippen LogP contribution in [0.25, 0.3) is 67.2 Å². The maximum atomic E-state index is 5.05. The zero-order valence-electron chi connectivity index (χ0n) is 24.1. The van der Waals surface area contributed by atoms with Crippen molar-refractivity contribution in [3.8, 4) is 56.4 Å². The van der Waals surface area contributed by atoms with Crippen molar-refractivity contribution in [2.75, 3.05) is 0 Å². The van der Waals surface area contributed by atoms with E-state index in [1.807, 2.05) is 30.3 Å². The number of aromatic nitrogens is 3. The van der Waals surface area contributed by atoms with Crippen LogP contribution in [-0.2, 0) is 5.41 Å². The SMILES string of the molecule is CC1(C)c2ccccc2-c2c(-c3cccc(-c4nc(-c5ccccc5)nc(-c5ccc6ccccc6c5)n4)c3)cccc21. The lowest BCUT2D eigenvalue weighted by molar-refractivity contribution is 0.660. The molecule has 0 N–H and O–H groups in total. The van der Waals surface area contributed by atoms with Crippen LogP contribution in [0.4, 0.5) is 0 Å². The van der Waals surface area contributed by atoms with Gasteiger partial charge >= 0.3 is 0 Å². The van der Waals surface area contributed by atoms with E-state index in [-0.39, 0.29) is 5.41 Å². The van der Waals surface area contributed by atoms with E-state index in [2.05, 4.69) is 123 Å². The fourth-order valence-electron chi connectivity index (χ4n) is 6.50. The zero-order valence-corrected chi connectivity index (χ0v) is 24.1. The number of hydrogen-bond donors (Lipinski definition) is 0. The van der Waals surface area contributed by atoms with E-state index in [1.54, 1.807) is 0 Å². The number of rotatable bonds is 4. The molecule has 6 aromatic carbocycles. The fraction of sp³-hybridized carbons (Fsp3) is 0.0750. The predicted molar refractivity (Wildman–Crippen MR) is 177 cm³/mol. The molecule has 0 atom stereocenters. The molecule has 1 heterocycles. The van der Waals surface area contributed by atoms with Crippen LogP contribution >= 0.6 is 0 Å². The molecule has 8 rings (SSSR count). The average molecular weight is 552 g/mol. The van der Waals surface area contributed by atoms with Crippen molar-refractivity contribution in [2.24, 2.45) is 0 Å². The van der Waals surface area contributed by atoms with Crippen LogP contribution in [0.1, 0.15) is 25.0 Å². The van der Waals surface area contributed by atoms with E-state index in [4.69, 9.17) is 15.0 Å². The molecule has 1 aliphatic rings. The summed E-state index contributed by atoms with van der Waals surface area (Å²) in [5.41, 5.74) is 10.6. The van der Waals surface area contributed by atoms with Crippen molar-refractivity contribution < 1.29 is 0 Å². The van der Waals surface area contributed by atoms with E-state index in [0.29, 0.717) is 17.5 Å². The van der Waals surface area contributed by atoms with E-state index in [1.165, 1.54) is 33.2 Å². The molecular formula is C40H29N3. The van der Waals surface area contributed by atoms with Crippen molar-refractivity contribution in [1.29, 1.82) is 0 Å². The Morgan fingerprint density at radius 2 is 0.953 bits per heavy atom. The Hall–Kier alpha value is -5.41. The van der Waals surface area contributed by atoms with Gasteiger partial charge in [-0.2, -0.15) is 0 Å². The molecule has 3 heteroatoms. The van der Waals surface area contributed by atoms with Gasteiger partial charge in [-0.25, -0.2) is 15.0 Å². The first-order valence-electron chi connectivity index (χ1n) is 14.7. The smallest absolute Gasteiger partial charge is 0.164 e. The quantitative estimate of drug-likeness (QED) is 0.218. The lowest BCUT2D eigenvalue weighted by atomic mass is 9.82. The van der Waals surface area contributed by atoms with Crippen molar-refractivity contribution in [2.45, 2.75) is 19.3 Å². The highest BCUT2D eigenvalue weighted by Gasteiger charge is 2.36. The molecule has 7 aromatic rings. The first-order valence-corrected chi connectivity index (χ1v) is 14.7. The number of hydrogen-bond acceptors (Lipinski definition) is 3. The van der Waals surface area contributed by atoms with E-state index >= 15 is 0 Å². The second-order valence-corrected chi connectivity index (χ2v) is 11.7. The molecular weight excluding hydrogens is 522 g/mol. The van der Waals surface area contributed by atoms with Gasteiger partial charge in [0.1, 0.15) is 0 Å². The van der Waals surface area contributed by atoms with E-state index in [0.717, 1.165) is 27.6 Å². The lowest BCUT2D eigenvalue weighted by Gasteiger charge is -2.21. The standard InChI is InChI=1S/C40H29N3/c1-40(2)34-20-9-8-18-33(34)36-32(19-11-21-35(36)40)29-16-10-17-30(25-29)38-41-37(27-13-4-3-5-14-27)42-39(43-38)31-23-22-26-12-6-7-15-28(26)24-31/h3-25H,1-2H3. The van der Waals surface area contributed by atoms with Crippen LogP contribution in [0.2, 0.25) is 0 Å². The summed E-state index contributed by atoms with van der Waals surface area (Å²) in [7, 11) is 0. The maximum absolute atomic E-state index is 5.05. The predicted octanol–water partition coefficient (Wildman–Crippen LogP) is 10.00. The molecule has 0 amide bonds.